The molecular weight excluding hydrogens is 410 g/mol. The van der Waals surface area contributed by atoms with Gasteiger partial charge in [0.05, 0.1) is 19.8 Å². The van der Waals surface area contributed by atoms with Crippen LogP contribution in [0.5, 0.6) is 11.5 Å². The quantitative estimate of drug-likeness (QED) is 0.214. The number of rotatable bonds is 8. The second kappa shape index (κ2) is 10.5. The Balaban J connectivity index is 2.03. The highest BCUT2D eigenvalue weighted by Gasteiger charge is 2.29. The first-order chi connectivity index (χ1) is 15.5. The average Bonchev–Trinajstić information content (AvgIpc) is 2.83. The molecule has 2 aromatic rings. The molecule has 0 fully saturated rings. The van der Waals surface area contributed by atoms with Crippen molar-refractivity contribution >= 4 is 11.7 Å². The molecule has 1 aliphatic heterocycles. The maximum Gasteiger partial charge on any atom is 0.245 e. The molecule has 0 radical (unpaired) electrons. The summed E-state index contributed by atoms with van der Waals surface area (Å²) in [6.07, 6.45) is 1.41. The van der Waals surface area contributed by atoms with Gasteiger partial charge >= 0.3 is 0 Å². The highest BCUT2D eigenvalue weighted by molar-refractivity contribution is 6.11. The van der Waals surface area contributed by atoms with Gasteiger partial charge in [0.1, 0.15) is 6.17 Å². The fourth-order valence-electron chi connectivity index (χ4n) is 3.61. The molecule has 3 rings (SSSR count). The summed E-state index contributed by atoms with van der Waals surface area (Å²) in [7, 11) is 3.09. The lowest BCUT2D eigenvalue weighted by atomic mass is 9.86. The molecule has 0 amide bonds. The van der Waals surface area contributed by atoms with Crippen molar-refractivity contribution in [3.8, 4) is 11.5 Å². The lowest BCUT2D eigenvalue weighted by Gasteiger charge is -2.23. The van der Waals surface area contributed by atoms with Crippen molar-refractivity contribution < 1.29 is 14.3 Å². The molecule has 32 heavy (non-hydrogen) atoms. The van der Waals surface area contributed by atoms with Crippen LogP contribution in [0.25, 0.3) is 0 Å². The molecule has 1 aliphatic rings. The zero-order valence-electron chi connectivity index (χ0n) is 18.2. The maximum atomic E-state index is 13.6. The summed E-state index contributed by atoms with van der Waals surface area (Å²) in [5.41, 5.74) is 5.28. The van der Waals surface area contributed by atoms with E-state index in [1.165, 1.54) is 13.3 Å². The van der Waals surface area contributed by atoms with Crippen LogP contribution in [0.4, 0.5) is 0 Å². The van der Waals surface area contributed by atoms with Crippen molar-refractivity contribution in [1.29, 1.82) is 0 Å². The number of carbonyl (C=O) groups excluding carboxylic acids is 1. The van der Waals surface area contributed by atoms with Gasteiger partial charge in [0.25, 0.3) is 0 Å². The molecule has 0 spiro atoms. The third kappa shape index (κ3) is 4.93. The molecule has 0 saturated heterocycles. The summed E-state index contributed by atoms with van der Waals surface area (Å²) in [5.74, 6) is 11.6. The Kier molecular flexibility index (Phi) is 7.53. The summed E-state index contributed by atoms with van der Waals surface area (Å²) >= 11 is 0. The number of nitrogens with one attached hydrogen (secondary N) is 2. The topological polar surface area (TPSA) is 149 Å². The van der Waals surface area contributed by atoms with E-state index in [0.717, 1.165) is 17.5 Å². The van der Waals surface area contributed by atoms with E-state index < -0.39 is 6.17 Å². The van der Waals surface area contributed by atoms with Crippen molar-refractivity contribution in [1.82, 2.24) is 10.7 Å². The number of hydrogen-bond acceptors (Lipinski definition) is 9. The number of ether oxygens (including phenoxy) is 2. The van der Waals surface area contributed by atoms with Crippen LogP contribution in [0.3, 0.4) is 0 Å². The second-order valence-electron chi connectivity index (χ2n) is 7.20. The van der Waals surface area contributed by atoms with Gasteiger partial charge in [-0.1, -0.05) is 47.6 Å². The van der Waals surface area contributed by atoms with Crippen molar-refractivity contribution in [2.75, 3.05) is 14.2 Å². The lowest BCUT2D eigenvalue weighted by molar-refractivity contribution is 0.102. The number of nitrogens with zero attached hydrogens (tertiary/aromatic N) is 3. The van der Waals surface area contributed by atoms with E-state index in [0.29, 0.717) is 22.6 Å². The van der Waals surface area contributed by atoms with Crippen LogP contribution in [0, 0.1) is 0 Å². The van der Waals surface area contributed by atoms with E-state index >= 15 is 0 Å². The summed E-state index contributed by atoms with van der Waals surface area (Å²) < 4.78 is 10.9. The zero-order chi connectivity index (χ0) is 23.1. The number of ketones is 1. The predicted octanol–water partition coefficient (Wildman–Crippen LogP) is 2.19. The molecule has 10 nitrogen and oxygen atoms in total. The first-order valence-electron chi connectivity index (χ1n) is 9.98. The van der Waals surface area contributed by atoms with E-state index in [9.17, 15) is 4.79 Å². The van der Waals surface area contributed by atoms with Crippen molar-refractivity contribution in [2.45, 2.75) is 25.4 Å². The Morgan fingerprint density at radius 2 is 1.91 bits per heavy atom. The lowest BCUT2D eigenvalue weighted by Crippen LogP contribution is -2.42. The third-order valence-electron chi connectivity index (χ3n) is 5.19. The smallest absolute Gasteiger partial charge is 0.245 e. The maximum absolute atomic E-state index is 13.6. The molecule has 6 N–H and O–H groups in total. The minimum absolute atomic E-state index is 0.0164. The van der Waals surface area contributed by atoms with Crippen LogP contribution in [-0.2, 0) is 6.42 Å². The van der Waals surface area contributed by atoms with Gasteiger partial charge < -0.3 is 20.6 Å². The Labute approximate surface area is 186 Å². The summed E-state index contributed by atoms with van der Waals surface area (Å²) in [6, 6.07) is 13.6. The molecule has 2 aromatic carbocycles. The molecule has 10 heteroatoms. The third-order valence-corrected chi connectivity index (χ3v) is 5.19. The average molecular weight is 438 g/mol. The minimum Gasteiger partial charge on any atom is -0.493 e. The number of methoxy groups -OCH3 is 2. The molecular formula is C22H27N7O3. The van der Waals surface area contributed by atoms with E-state index in [-0.39, 0.29) is 17.7 Å². The van der Waals surface area contributed by atoms with Crippen molar-refractivity contribution in [3.63, 3.8) is 0 Å². The predicted molar refractivity (Wildman–Crippen MR) is 121 cm³/mol. The summed E-state index contributed by atoms with van der Waals surface area (Å²) in [5, 5.41) is 9.64. The standard InChI is InChI=1S/C22H27N7O3/c1-13(9-14-7-5-4-6-8-14)15-10-18(31-2)19(32-3)11-16(15)20(30)17-12-25-22(28-29-24)26-21(17)27-23/h4-8,10-13,21,27H,9,23H2,1-3H3,(H3,24,25,26,28). The second-order valence-corrected chi connectivity index (χ2v) is 7.20. The molecule has 0 bridgehead atoms. The van der Waals surface area contributed by atoms with Gasteiger partial charge in [-0.25, -0.2) is 10.4 Å². The van der Waals surface area contributed by atoms with Crippen LogP contribution in [-0.4, -0.2) is 32.1 Å². The van der Waals surface area contributed by atoms with Crippen LogP contribution in [0.2, 0.25) is 0 Å². The van der Waals surface area contributed by atoms with Crippen LogP contribution >= 0.6 is 0 Å². The molecule has 2 atom stereocenters. The zero-order valence-corrected chi connectivity index (χ0v) is 18.2. The Morgan fingerprint density at radius 3 is 2.53 bits per heavy atom. The number of benzene rings is 2. The largest absolute Gasteiger partial charge is 0.493 e. The van der Waals surface area contributed by atoms with Gasteiger partial charge in [0.15, 0.2) is 17.3 Å². The van der Waals surface area contributed by atoms with Crippen molar-refractivity contribution in [2.24, 2.45) is 27.0 Å². The van der Waals surface area contributed by atoms with E-state index in [1.54, 1.807) is 13.2 Å². The molecule has 0 saturated carbocycles. The van der Waals surface area contributed by atoms with E-state index in [4.69, 9.17) is 21.2 Å². The van der Waals surface area contributed by atoms with Gasteiger partial charge in [0.2, 0.25) is 5.96 Å². The number of Topliss-reactive ketones (excluding diaryl/α,β-unsaturated/α-hetero) is 1. The Hall–Kier alpha value is -3.76. The van der Waals surface area contributed by atoms with E-state index in [2.05, 4.69) is 45.1 Å². The Morgan fingerprint density at radius 1 is 1.22 bits per heavy atom. The summed E-state index contributed by atoms with van der Waals surface area (Å²) in [6.45, 7) is 2.06. The van der Waals surface area contributed by atoms with E-state index in [1.807, 2.05) is 24.3 Å². The van der Waals surface area contributed by atoms with Crippen molar-refractivity contribution in [3.05, 3.63) is 70.9 Å². The number of guanidine groups is 1. The minimum atomic E-state index is -0.824. The Bertz CT molecular complexity index is 1050. The molecule has 0 aromatic heterocycles. The normalized spacial score (nSPS) is 16.7. The number of nitrogens with two attached hydrogens (primary N) is 2. The van der Waals surface area contributed by atoms with Gasteiger partial charge in [-0.05, 0) is 35.6 Å². The first kappa shape index (κ1) is 22.9. The fraction of sp³-hybridized carbons (Fsp3) is 0.273. The SMILES string of the molecule is COc1cc(C(=O)C2=CNC(N=NN)=NC2NN)c(C(C)Cc2ccccc2)cc1OC. The van der Waals surface area contributed by atoms with Gasteiger partial charge in [-0.3, -0.25) is 10.6 Å². The van der Waals surface area contributed by atoms with Gasteiger partial charge in [-0.15, -0.1) is 0 Å². The van der Waals surface area contributed by atoms with Crippen LogP contribution in [0.15, 0.2) is 69.6 Å². The highest BCUT2D eigenvalue weighted by atomic mass is 16.5. The first-order valence-corrected chi connectivity index (χ1v) is 9.98. The summed E-state index contributed by atoms with van der Waals surface area (Å²) in [4.78, 5) is 17.9. The highest BCUT2D eigenvalue weighted by Crippen LogP contribution is 2.36. The number of hydrazine groups is 1. The van der Waals surface area contributed by atoms with Crippen LogP contribution < -0.4 is 31.9 Å². The number of carbonyl (C=O) groups is 1. The van der Waals surface area contributed by atoms with Gasteiger partial charge in [0, 0.05) is 11.8 Å². The van der Waals surface area contributed by atoms with Crippen LogP contribution in [0.1, 0.15) is 34.3 Å². The van der Waals surface area contributed by atoms with Gasteiger partial charge in [-0.2, -0.15) is 0 Å². The molecule has 2 unspecified atom stereocenters. The molecule has 168 valence electrons. The number of aliphatic imine (C=N–C) groups is 1. The fourth-order valence-corrected chi connectivity index (χ4v) is 3.61. The monoisotopic (exact) mass is 437 g/mol. The molecule has 1 heterocycles. The molecule has 0 aliphatic carbocycles. The number of hydrogen-bond donors (Lipinski definition) is 4.